The van der Waals surface area contributed by atoms with Crippen LogP contribution >= 0.6 is 6.72 Å². The van der Waals surface area contributed by atoms with Crippen LogP contribution in [0.25, 0.3) is 0 Å². The molecule has 294 valence electrons. The van der Waals surface area contributed by atoms with Gasteiger partial charge in [-0.05, 0) is 135 Å². The number of likely N-dealkylation sites (tertiary alicyclic amines) is 1. The van der Waals surface area contributed by atoms with E-state index in [2.05, 4.69) is 39.9 Å². The summed E-state index contributed by atoms with van der Waals surface area (Å²) in [6.07, 6.45) is 17.4. The van der Waals surface area contributed by atoms with E-state index in [1.807, 2.05) is 0 Å². The van der Waals surface area contributed by atoms with Gasteiger partial charge in [-0.15, -0.1) is 0 Å². The van der Waals surface area contributed by atoms with Crippen LogP contribution in [-0.4, -0.2) is 72.5 Å². The van der Waals surface area contributed by atoms with Gasteiger partial charge >= 0.3 is 12.8 Å². The van der Waals surface area contributed by atoms with Gasteiger partial charge in [-0.1, -0.05) is 60.3 Å². The number of nitrogens with one attached hydrogen (secondary N) is 1. The Morgan fingerprint density at radius 2 is 1.69 bits per heavy atom. The van der Waals surface area contributed by atoms with Crippen molar-refractivity contribution in [3.63, 3.8) is 0 Å². The van der Waals surface area contributed by atoms with Crippen molar-refractivity contribution in [3.8, 4) is 0 Å². The van der Waals surface area contributed by atoms with Crippen LogP contribution in [0.3, 0.4) is 0 Å². The zero-order valence-corrected chi connectivity index (χ0v) is 34.4. The predicted octanol–water partition coefficient (Wildman–Crippen LogP) is 8.46. The highest BCUT2D eigenvalue weighted by molar-refractivity contribution is 8.07. The molecular weight excluding hydrogens is 683 g/mol. The van der Waals surface area contributed by atoms with E-state index in [9.17, 15) is 19.6 Å². The maximum absolute atomic E-state index is 12.8. The molecule has 12 atom stereocenters. The molecule has 51 heavy (non-hydrogen) atoms. The van der Waals surface area contributed by atoms with Gasteiger partial charge in [0, 0.05) is 39.1 Å². The lowest BCUT2D eigenvalue weighted by molar-refractivity contribution is -0.130. The third-order valence-corrected chi connectivity index (χ3v) is 16.6. The van der Waals surface area contributed by atoms with Gasteiger partial charge in [0.25, 0.3) is 0 Å². The average molecular weight is 755 g/mol. The quantitative estimate of drug-likeness (QED) is 0.106. The standard InChI is InChI=1S/C40H71N2O7PS/c1-27(2)11-10-12-28(3)33-16-17-34-32-15-14-30-23-31(18-20-39(30,4)35(32)19-21-40(33,34)5)49-38(45)41-22-9-7-8-13-37(44)42-24-29(36(43)25-42)26-48-50(46,51)47-6/h27-36,43H,7-26H2,1-6H3,(H,41,45)(H,46,51)/t28?,29?,30?,31-,32?,33+,34?,35?,36?,39-,40+,50?/m0/s1. The van der Waals surface area contributed by atoms with E-state index in [1.165, 1.54) is 71.3 Å². The summed E-state index contributed by atoms with van der Waals surface area (Å²) in [6, 6.07) is 0. The molecule has 0 bridgehead atoms. The van der Waals surface area contributed by atoms with E-state index >= 15 is 0 Å². The number of rotatable bonds is 16. The van der Waals surface area contributed by atoms with Gasteiger partial charge in [-0.3, -0.25) is 4.79 Å². The van der Waals surface area contributed by atoms with Gasteiger partial charge in [0.1, 0.15) is 6.10 Å². The minimum atomic E-state index is -3.29. The SMILES string of the molecule is COP(O)(=S)OCC1CN(C(=O)CCCCCNC(=O)O[C@H]2CC[C@@]3(C)C(CCC4C3CC[C@@]3(C)C4CC[C@@H]3C(C)CCCC(C)C)C2)CC1O. The first-order valence-corrected chi connectivity index (χ1v) is 23.2. The monoisotopic (exact) mass is 754 g/mol. The van der Waals surface area contributed by atoms with Crippen molar-refractivity contribution in [3.05, 3.63) is 0 Å². The Bertz CT molecular complexity index is 1220. The lowest BCUT2D eigenvalue weighted by atomic mass is 9.44. The Kier molecular flexibility index (Phi) is 14.4. The molecule has 1 heterocycles. The number of aliphatic hydroxyl groups excluding tert-OH is 1. The summed E-state index contributed by atoms with van der Waals surface area (Å²) in [6.45, 7) is 10.5. The number of hydrogen-bond acceptors (Lipinski definition) is 7. The number of aliphatic hydroxyl groups is 1. The number of fused-ring (bicyclic) bond motifs is 5. The first-order valence-electron chi connectivity index (χ1n) is 20.6. The largest absolute Gasteiger partial charge is 0.446 e. The minimum Gasteiger partial charge on any atom is -0.446 e. The van der Waals surface area contributed by atoms with Gasteiger partial charge in [-0.2, -0.15) is 0 Å². The zero-order valence-electron chi connectivity index (χ0n) is 32.7. The lowest BCUT2D eigenvalue weighted by Gasteiger charge is -2.61. The molecule has 1 aliphatic heterocycles. The molecule has 4 aliphatic carbocycles. The maximum Gasteiger partial charge on any atom is 0.407 e. The molecule has 5 fully saturated rings. The van der Waals surface area contributed by atoms with E-state index in [1.54, 1.807) is 4.90 Å². The smallest absolute Gasteiger partial charge is 0.407 e. The van der Waals surface area contributed by atoms with Crippen molar-refractivity contribution in [2.24, 2.45) is 58.2 Å². The molecule has 5 rings (SSSR count). The van der Waals surface area contributed by atoms with E-state index in [4.69, 9.17) is 25.6 Å². The van der Waals surface area contributed by atoms with Crippen molar-refractivity contribution in [1.29, 1.82) is 0 Å². The third kappa shape index (κ3) is 9.92. The molecule has 0 spiro atoms. The van der Waals surface area contributed by atoms with Gasteiger partial charge in [-0.25, -0.2) is 4.79 Å². The lowest BCUT2D eigenvalue weighted by Crippen LogP contribution is -2.54. The summed E-state index contributed by atoms with van der Waals surface area (Å²) >= 11 is 4.85. The van der Waals surface area contributed by atoms with Gasteiger partial charge in [0.15, 0.2) is 0 Å². The van der Waals surface area contributed by atoms with Crippen molar-refractivity contribution in [1.82, 2.24) is 10.2 Å². The summed E-state index contributed by atoms with van der Waals surface area (Å²) in [4.78, 5) is 36.9. The Morgan fingerprint density at radius 1 is 0.941 bits per heavy atom. The van der Waals surface area contributed by atoms with Gasteiger partial charge in [0.05, 0.1) is 12.7 Å². The predicted molar refractivity (Wildman–Crippen MR) is 205 cm³/mol. The van der Waals surface area contributed by atoms with Crippen molar-refractivity contribution >= 4 is 30.5 Å². The van der Waals surface area contributed by atoms with Crippen LogP contribution in [0.2, 0.25) is 0 Å². The first kappa shape index (κ1) is 41.4. The van der Waals surface area contributed by atoms with E-state index < -0.39 is 12.8 Å². The third-order valence-electron chi connectivity index (χ3n) is 14.9. The highest BCUT2D eigenvalue weighted by atomic mass is 32.5. The topological polar surface area (TPSA) is 118 Å². The molecule has 0 radical (unpaired) electrons. The Labute approximate surface area is 314 Å². The van der Waals surface area contributed by atoms with Crippen LogP contribution in [-0.2, 0) is 30.4 Å². The molecule has 11 heteroatoms. The van der Waals surface area contributed by atoms with Gasteiger partial charge < -0.3 is 34.0 Å². The number of ether oxygens (including phenoxy) is 1. The first-order chi connectivity index (χ1) is 24.2. The van der Waals surface area contributed by atoms with Crippen LogP contribution in [0.1, 0.15) is 137 Å². The second-order valence-corrected chi connectivity index (χ2v) is 21.2. The van der Waals surface area contributed by atoms with Crippen LogP contribution in [0.15, 0.2) is 0 Å². The summed E-state index contributed by atoms with van der Waals surface area (Å²) in [5.41, 5.74) is 0.905. The fourth-order valence-electron chi connectivity index (χ4n) is 11.9. The van der Waals surface area contributed by atoms with Crippen LogP contribution in [0.4, 0.5) is 4.79 Å². The summed E-state index contributed by atoms with van der Waals surface area (Å²) in [5, 5.41) is 13.3. The molecule has 1 saturated heterocycles. The Morgan fingerprint density at radius 3 is 2.43 bits per heavy atom. The summed E-state index contributed by atoms with van der Waals surface area (Å²) in [5.74, 6) is 5.50. The second kappa shape index (κ2) is 17.8. The molecule has 8 unspecified atom stereocenters. The van der Waals surface area contributed by atoms with Crippen molar-refractivity contribution in [2.75, 3.05) is 33.4 Å². The molecular formula is C40H71N2O7PS. The molecule has 9 nitrogen and oxygen atoms in total. The fraction of sp³-hybridized carbons (Fsp3) is 0.950. The number of carbonyl (C=O) groups is 2. The summed E-state index contributed by atoms with van der Waals surface area (Å²) < 4.78 is 16.0. The van der Waals surface area contributed by atoms with Crippen LogP contribution < -0.4 is 5.32 Å². The minimum absolute atomic E-state index is 0.00535. The highest BCUT2D eigenvalue weighted by Gasteiger charge is 2.60. The highest BCUT2D eigenvalue weighted by Crippen LogP contribution is 2.68. The average Bonchev–Trinajstić information content (AvgIpc) is 3.64. The molecule has 2 amide bonds. The van der Waals surface area contributed by atoms with Gasteiger partial charge in [0.2, 0.25) is 5.91 Å². The van der Waals surface area contributed by atoms with E-state index in [0.29, 0.717) is 42.7 Å². The van der Waals surface area contributed by atoms with Crippen LogP contribution in [0, 0.1) is 58.2 Å². The normalized spacial score (nSPS) is 38.0. The molecule has 0 aromatic carbocycles. The van der Waals surface area contributed by atoms with Crippen molar-refractivity contribution < 1.29 is 33.4 Å². The Hall–Kier alpha value is -0.770. The van der Waals surface area contributed by atoms with Crippen molar-refractivity contribution in [2.45, 2.75) is 150 Å². The number of carbonyl (C=O) groups excluding carboxylic acids is 2. The molecule has 0 aromatic heterocycles. The molecule has 4 saturated carbocycles. The number of amides is 2. The van der Waals surface area contributed by atoms with E-state index in [-0.39, 0.29) is 37.2 Å². The number of β-amino-alcohol motifs (C(OH)–C–C–N with tert-alkyl or cyclic N) is 1. The zero-order chi connectivity index (χ0) is 37.0. The fourth-order valence-corrected chi connectivity index (χ4v) is 12.6. The summed E-state index contributed by atoms with van der Waals surface area (Å²) in [7, 11) is 1.29. The number of nitrogens with zero attached hydrogens (tertiary/aromatic N) is 1. The molecule has 0 aromatic rings. The maximum atomic E-state index is 12.8. The number of alkyl carbamates (subject to hydrolysis) is 1. The van der Waals surface area contributed by atoms with E-state index in [0.717, 1.165) is 61.2 Å². The number of hydrogen-bond donors (Lipinski definition) is 3. The number of unbranched alkanes of at least 4 members (excludes halogenated alkanes) is 2. The molecule has 3 N–H and O–H groups in total. The Balaban J connectivity index is 0.980. The second-order valence-electron chi connectivity index (χ2n) is 18.3. The molecule has 5 aliphatic rings. The van der Waals surface area contributed by atoms with Crippen LogP contribution in [0.5, 0.6) is 0 Å².